The van der Waals surface area contributed by atoms with Crippen LogP contribution in [0.2, 0.25) is 0 Å². The number of nitrogens with zero attached hydrogens (tertiary/aromatic N) is 4. The number of anilines is 3. The molecule has 10 nitrogen and oxygen atoms in total. The highest BCUT2D eigenvalue weighted by Gasteiger charge is 2.32. The van der Waals surface area contributed by atoms with E-state index < -0.39 is 17.3 Å². The average Bonchev–Trinajstić information content (AvgIpc) is 3.32. The summed E-state index contributed by atoms with van der Waals surface area (Å²) in [5.41, 5.74) is 3.01. The number of cyclic esters (lactones) is 1. The van der Waals surface area contributed by atoms with Gasteiger partial charge in [-0.3, -0.25) is 9.69 Å². The number of carbonyl (C=O) groups excluding carboxylic acids is 2. The van der Waals surface area contributed by atoms with Gasteiger partial charge in [0.2, 0.25) is 0 Å². The number of nitrogens with one attached hydrogen (secondary N) is 1. The number of carboxylic acid groups (broad SMARTS) is 1. The average molecular weight is 604 g/mol. The number of rotatable bonds is 11. The number of piperazine rings is 1. The second-order valence-corrected chi connectivity index (χ2v) is 11.8. The van der Waals surface area contributed by atoms with E-state index in [1.165, 1.54) is 27.6 Å². The molecule has 0 bridgehead atoms. The van der Waals surface area contributed by atoms with Gasteiger partial charge in [0.15, 0.2) is 0 Å². The van der Waals surface area contributed by atoms with E-state index in [0.29, 0.717) is 61.4 Å². The molecule has 2 fully saturated rings. The standard InChI is InChI=1S/C28H34FN5O5S2/c1-30-15-22-16-34(27(38)39-22)21-7-8-25(24(29)14-21)33-11-9-32(10-12-33)20-5-3-19(4-6-20)13-23(18-35)41-28(40)31(2)17-26(36)37/h3-8,14,18,22-23,30H,9-13,15-17H2,1-2H3,(H,36,37). The predicted octanol–water partition coefficient (Wildman–Crippen LogP) is 2.84. The molecular formula is C28H34FN5O5S2. The zero-order valence-corrected chi connectivity index (χ0v) is 24.6. The molecular weight excluding hydrogens is 569 g/mol. The van der Waals surface area contributed by atoms with Gasteiger partial charge in [-0.05, 0) is 49.4 Å². The van der Waals surface area contributed by atoms with Crippen molar-refractivity contribution in [3.63, 3.8) is 0 Å². The Labute approximate surface area is 248 Å². The molecule has 4 rings (SSSR count). The van der Waals surface area contributed by atoms with Crippen molar-refractivity contribution in [2.75, 3.05) is 74.6 Å². The fourth-order valence-electron chi connectivity index (χ4n) is 4.87. The SMILES string of the molecule is CNCC1CN(c2ccc(N3CCN(c4ccc(CC(C=O)SC(=S)N(C)CC(=O)O)cc4)CC3)c(F)c2)C(=O)O1. The fraction of sp³-hybridized carbons (Fsp3) is 0.429. The normalized spacial score (nSPS) is 17.8. The Morgan fingerprint density at radius 1 is 1.20 bits per heavy atom. The summed E-state index contributed by atoms with van der Waals surface area (Å²) in [6.45, 7) is 3.39. The lowest BCUT2D eigenvalue weighted by atomic mass is 10.1. The fourth-order valence-corrected chi connectivity index (χ4v) is 6.14. The van der Waals surface area contributed by atoms with E-state index in [4.69, 9.17) is 22.1 Å². The molecule has 2 saturated heterocycles. The second kappa shape index (κ2) is 14.0. The first-order chi connectivity index (χ1) is 19.7. The third-order valence-electron chi connectivity index (χ3n) is 7.00. The number of thiocarbonyl (C=S) groups is 1. The number of benzene rings is 2. The molecule has 0 radical (unpaired) electrons. The molecule has 0 saturated carbocycles. The number of aliphatic carboxylic acids is 1. The van der Waals surface area contributed by atoms with Crippen LogP contribution in [0.3, 0.4) is 0 Å². The van der Waals surface area contributed by atoms with Crippen molar-refractivity contribution in [2.24, 2.45) is 0 Å². The van der Waals surface area contributed by atoms with Crippen LogP contribution in [0.25, 0.3) is 0 Å². The summed E-state index contributed by atoms with van der Waals surface area (Å²) in [6.07, 6.45) is 0.578. The maximum Gasteiger partial charge on any atom is 0.414 e. The predicted molar refractivity (Wildman–Crippen MR) is 163 cm³/mol. The van der Waals surface area contributed by atoms with Gasteiger partial charge in [-0.15, -0.1) is 0 Å². The minimum atomic E-state index is -0.984. The Morgan fingerprint density at radius 2 is 1.85 bits per heavy atom. The lowest BCUT2D eigenvalue weighted by Crippen LogP contribution is -2.46. The molecule has 2 unspecified atom stereocenters. The lowest BCUT2D eigenvalue weighted by Gasteiger charge is -2.37. The van der Waals surface area contributed by atoms with E-state index in [1.54, 1.807) is 26.2 Å². The molecule has 0 spiro atoms. The third kappa shape index (κ3) is 7.86. The first kappa shape index (κ1) is 30.5. The molecule has 1 amide bonds. The number of thioether (sulfide) groups is 1. The Bertz CT molecular complexity index is 1260. The molecule has 0 aromatic heterocycles. The number of aldehydes is 1. The van der Waals surface area contributed by atoms with Gasteiger partial charge in [0.25, 0.3) is 0 Å². The highest BCUT2D eigenvalue weighted by molar-refractivity contribution is 8.23. The molecule has 2 aliphatic rings. The molecule has 13 heteroatoms. The first-order valence-electron chi connectivity index (χ1n) is 13.3. The van der Waals surface area contributed by atoms with Crippen LogP contribution >= 0.6 is 24.0 Å². The van der Waals surface area contributed by atoms with Gasteiger partial charge in [-0.1, -0.05) is 36.1 Å². The summed E-state index contributed by atoms with van der Waals surface area (Å²) in [5.74, 6) is -1.36. The number of halogens is 1. The molecule has 0 aliphatic carbocycles. The van der Waals surface area contributed by atoms with Crippen molar-refractivity contribution in [3.05, 3.63) is 53.8 Å². The van der Waals surface area contributed by atoms with Crippen LogP contribution in [0.5, 0.6) is 0 Å². The van der Waals surface area contributed by atoms with Crippen molar-refractivity contribution in [2.45, 2.75) is 17.8 Å². The molecule has 2 aliphatic heterocycles. The van der Waals surface area contributed by atoms with E-state index in [1.807, 2.05) is 29.2 Å². The summed E-state index contributed by atoms with van der Waals surface area (Å²) in [7, 11) is 3.38. The third-order valence-corrected chi connectivity index (χ3v) is 8.69. The highest BCUT2D eigenvalue weighted by Crippen LogP contribution is 2.29. The summed E-state index contributed by atoms with van der Waals surface area (Å²) in [4.78, 5) is 41.9. The highest BCUT2D eigenvalue weighted by atomic mass is 32.2. The number of carboxylic acids is 1. The Kier molecular flexibility index (Phi) is 10.4. The monoisotopic (exact) mass is 603 g/mol. The second-order valence-electron chi connectivity index (χ2n) is 9.96. The summed E-state index contributed by atoms with van der Waals surface area (Å²) >= 11 is 6.45. The maximum absolute atomic E-state index is 15.1. The maximum atomic E-state index is 15.1. The van der Waals surface area contributed by atoms with Crippen LogP contribution in [-0.4, -0.2) is 104 Å². The van der Waals surface area contributed by atoms with Crippen LogP contribution in [0, 0.1) is 5.82 Å². The Morgan fingerprint density at radius 3 is 2.46 bits per heavy atom. The lowest BCUT2D eigenvalue weighted by molar-refractivity contribution is -0.137. The van der Waals surface area contributed by atoms with Crippen LogP contribution in [0.4, 0.5) is 26.2 Å². The van der Waals surface area contributed by atoms with E-state index >= 15 is 4.39 Å². The summed E-state index contributed by atoms with van der Waals surface area (Å²) < 4.78 is 20.8. The van der Waals surface area contributed by atoms with Gasteiger partial charge in [0, 0.05) is 45.5 Å². The first-order valence-corrected chi connectivity index (χ1v) is 14.6. The number of ether oxygens (including phenoxy) is 1. The van der Waals surface area contributed by atoms with Crippen LogP contribution in [-0.2, 0) is 20.7 Å². The zero-order chi connectivity index (χ0) is 29.5. The topological polar surface area (TPSA) is 106 Å². The van der Waals surface area contributed by atoms with Crippen LogP contribution in [0.1, 0.15) is 5.56 Å². The zero-order valence-electron chi connectivity index (χ0n) is 23.0. The number of likely N-dealkylation sites (N-methyl/N-ethyl adjacent to an activating group) is 2. The van der Waals surface area contributed by atoms with Crippen LogP contribution in [0.15, 0.2) is 42.5 Å². The van der Waals surface area contributed by atoms with E-state index in [-0.39, 0.29) is 18.5 Å². The van der Waals surface area contributed by atoms with Gasteiger partial charge in [0.1, 0.15) is 29.1 Å². The summed E-state index contributed by atoms with van der Waals surface area (Å²) in [6, 6.07) is 12.9. The molecule has 41 heavy (non-hydrogen) atoms. The molecule has 2 atom stereocenters. The number of hydrogen-bond donors (Lipinski definition) is 2. The minimum absolute atomic E-state index is 0.218. The molecule has 2 aromatic rings. The van der Waals surface area contributed by atoms with E-state index in [0.717, 1.165) is 17.5 Å². The van der Waals surface area contributed by atoms with Crippen molar-refractivity contribution in [3.8, 4) is 0 Å². The van der Waals surface area contributed by atoms with Gasteiger partial charge in [-0.2, -0.15) is 0 Å². The minimum Gasteiger partial charge on any atom is -0.480 e. The summed E-state index contributed by atoms with van der Waals surface area (Å²) in [5, 5.41) is 11.5. The Hall–Kier alpha value is -3.42. The number of carbonyl (C=O) groups is 3. The Balaban J connectivity index is 1.30. The van der Waals surface area contributed by atoms with Crippen LogP contribution < -0.4 is 20.0 Å². The van der Waals surface area contributed by atoms with Crippen molar-refractivity contribution in [1.82, 2.24) is 10.2 Å². The smallest absolute Gasteiger partial charge is 0.414 e. The van der Waals surface area contributed by atoms with Gasteiger partial charge >= 0.3 is 12.1 Å². The number of hydrogen-bond acceptors (Lipinski definition) is 9. The largest absolute Gasteiger partial charge is 0.480 e. The van der Waals surface area contributed by atoms with E-state index in [9.17, 15) is 14.4 Å². The molecule has 2 heterocycles. The molecule has 220 valence electrons. The molecule has 2 N–H and O–H groups in total. The van der Waals surface area contributed by atoms with Crippen molar-refractivity contribution < 1.29 is 28.6 Å². The van der Waals surface area contributed by atoms with E-state index in [2.05, 4.69) is 10.2 Å². The van der Waals surface area contributed by atoms with Gasteiger partial charge in [-0.25, -0.2) is 9.18 Å². The van der Waals surface area contributed by atoms with Crippen molar-refractivity contribution >= 4 is 63.7 Å². The van der Waals surface area contributed by atoms with Gasteiger partial charge in [0.05, 0.1) is 23.2 Å². The molecule has 2 aromatic carbocycles. The number of amides is 1. The van der Waals surface area contributed by atoms with Gasteiger partial charge < -0.3 is 34.7 Å². The van der Waals surface area contributed by atoms with Crippen molar-refractivity contribution in [1.29, 1.82) is 0 Å². The quantitative estimate of drug-likeness (QED) is 0.293.